The van der Waals surface area contributed by atoms with E-state index < -0.39 is 0 Å². The van der Waals surface area contributed by atoms with Gasteiger partial charge in [0.1, 0.15) is 12.4 Å². The zero-order chi connectivity index (χ0) is 15.2. The van der Waals surface area contributed by atoms with E-state index in [1.54, 1.807) is 11.3 Å². The van der Waals surface area contributed by atoms with E-state index in [4.69, 9.17) is 4.74 Å². The Morgan fingerprint density at radius 3 is 2.62 bits per heavy atom. The van der Waals surface area contributed by atoms with E-state index in [1.165, 1.54) is 10.4 Å². The molecule has 0 amide bonds. The van der Waals surface area contributed by atoms with Crippen molar-refractivity contribution in [2.24, 2.45) is 5.92 Å². The van der Waals surface area contributed by atoms with Crippen molar-refractivity contribution in [3.8, 4) is 5.75 Å². The quantitative estimate of drug-likeness (QED) is 0.614. The molecule has 1 N–H and O–H groups in total. The van der Waals surface area contributed by atoms with Crippen molar-refractivity contribution >= 4 is 43.2 Å². The number of hydrogen-bond acceptors (Lipinski definition) is 3. The Labute approximate surface area is 147 Å². The van der Waals surface area contributed by atoms with Gasteiger partial charge >= 0.3 is 0 Å². The van der Waals surface area contributed by atoms with Crippen LogP contribution < -0.4 is 10.1 Å². The summed E-state index contributed by atoms with van der Waals surface area (Å²) in [5.74, 6) is 1.54. The normalized spacial score (nSPS) is 11.1. The fourth-order valence-corrected chi connectivity index (χ4v) is 3.77. The highest BCUT2D eigenvalue weighted by Gasteiger charge is 2.06. The number of rotatable bonds is 7. The van der Waals surface area contributed by atoms with E-state index in [9.17, 15) is 0 Å². The topological polar surface area (TPSA) is 21.3 Å². The summed E-state index contributed by atoms with van der Waals surface area (Å²) in [6.45, 7) is 6.92. The Morgan fingerprint density at radius 1 is 1.19 bits per heavy atom. The molecule has 0 spiro atoms. The fourth-order valence-electron chi connectivity index (χ4n) is 1.85. The Balaban J connectivity index is 1.91. The van der Waals surface area contributed by atoms with Crippen LogP contribution in [0.2, 0.25) is 0 Å². The number of thiophene rings is 1. The highest BCUT2D eigenvalue weighted by molar-refractivity contribution is 9.10. The summed E-state index contributed by atoms with van der Waals surface area (Å²) in [6, 6.07) is 8.29. The number of ether oxygens (including phenoxy) is 1. The molecule has 2 rings (SSSR count). The van der Waals surface area contributed by atoms with Gasteiger partial charge in [-0.3, -0.25) is 0 Å². The van der Waals surface area contributed by atoms with Crippen LogP contribution in [0, 0.1) is 5.92 Å². The summed E-state index contributed by atoms with van der Waals surface area (Å²) in [5.41, 5.74) is 1.26. The minimum absolute atomic E-state index is 0.585. The van der Waals surface area contributed by atoms with Crippen LogP contribution in [0.1, 0.15) is 24.3 Å². The molecule has 0 fully saturated rings. The summed E-state index contributed by atoms with van der Waals surface area (Å²) >= 11 is 8.80. The molecule has 0 aliphatic carbocycles. The van der Waals surface area contributed by atoms with E-state index in [0.29, 0.717) is 12.5 Å². The SMILES string of the molecule is CC(C)CNCc1ccc(OCc2sccc2Br)c(Br)c1. The maximum atomic E-state index is 5.87. The lowest BCUT2D eigenvalue weighted by Gasteiger charge is -2.11. The molecule has 2 nitrogen and oxygen atoms in total. The van der Waals surface area contributed by atoms with Gasteiger partial charge in [0.2, 0.25) is 0 Å². The summed E-state index contributed by atoms with van der Waals surface area (Å²) in [4.78, 5) is 1.20. The summed E-state index contributed by atoms with van der Waals surface area (Å²) in [7, 11) is 0. The molecule has 0 aliphatic heterocycles. The lowest BCUT2D eigenvalue weighted by Crippen LogP contribution is -2.18. The van der Waals surface area contributed by atoms with Gasteiger partial charge < -0.3 is 10.1 Å². The highest BCUT2D eigenvalue weighted by atomic mass is 79.9. The second-order valence-corrected chi connectivity index (χ2v) is 7.98. The van der Waals surface area contributed by atoms with Gasteiger partial charge in [-0.2, -0.15) is 0 Å². The van der Waals surface area contributed by atoms with Gasteiger partial charge in [0.15, 0.2) is 0 Å². The van der Waals surface area contributed by atoms with Gasteiger partial charge in [0.05, 0.1) is 9.35 Å². The van der Waals surface area contributed by atoms with E-state index in [2.05, 4.69) is 68.5 Å². The second kappa shape index (κ2) is 8.32. The molecule has 1 heterocycles. The van der Waals surface area contributed by atoms with Gasteiger partial charge in [0.25, 0.3) is 0 Å². The van der Waals surface area contributed by atoms with Crippen molar-refractivity contribution in [2.75, 3.05) is 6.54 Å². The first-order valence-electron chi connectivity index (χ1n) is 6.90. The molecule has 0 saturated carbocycles. The van der Waals surface area contributed by atoms with Crippen molar-refractivity contribution in [1.29, 1.82) is 0 Å². The zero-order valence-corrected chi connectivity index (χ0v) is 16.1. The van der Waals surface area contributed by atoms with E-state index in [0.717, 1.165) is 27.8 Å². The predicted molar refractivity (Wildman–Crippen MR) is 97.0 cm³/mol. The van der Waals surface area contributed by atoms with Crippen LogP contribution in [-0.2, 0) is 13.2 Å². The number of nitrogens with one attached hydrogen (secondary N) is 1. The Morgan fingerprint density at radius 2 is 2.00 bits per heavy atom. The molecule has 0 radical (unpaired) electrons. The third kappa shape index (κ3) is 5.40. The van der Waals surface area contributed by atoms with Crippen LogP contribution >= 0.6 is 43.2 Å². The van der Waals surface area contributed by atoms with Crippen molar-refractivity contribution in [3.05, 3.63) is 49.0 Å². The summed E-state index contributed by atoms with van der Waals surface area (Å²) < 4.78 is 7.98. The zero-order valence-electron chi connectivity index (χ0n) is 12.2. The molecule has 1 aromatic carbocycles. The molecular weight excluding hydrogens is 414 g/mol. The maximum absolute atomic E-state index is 5.87. The van der Waals surface area contributed by atoms with Crippen LogP contribution in [0.4, 0.5) is 0 Å². The summed E-state index contributed by atoms with van der Waals surface area (Å²) in [5, 5.41) is 5.50. The van der Waals surface area contributed by atoms with Crippen LogP contribution in [0.3, 0.4) is 0 Å². The standard InChI is InChI=1S/C16H19Br2NOS/c1-11(2)8-19-9-12-3-4-15(14(18)7-12)20-10-16-13(17)5-6-21-16/h3-7,11,19H,8-10H2,1-2H3. The second-order valence-electron chi connectivity index (χ2n) is 5.27. The molecule has 0 atom stereocenters. The third-order valence-corrected chi connectivity index (χ3v) is 5.45. The first kappa shape index (κ1) is 17.0. The minimum atomic E-state index is 0.585. The Hall–Kier alpha value is -0.360. The molecular formula is C16H19Br2NOS. The third-order valence-electron chi connectivity index (χ3n) is 2.93. The van der Waals surface area contributed by atoms with Gasteiger partial charge in [0, 0.05) is 11.0 Å². The largest absolute Gasteiger partial charge is 0.487 e. The highest BCUT2D eigenvalue weighted by Crippen LogP contribution is 2.29. The minimum Gasteiger partial charge on any atom is -0.487 e. The van der Waals surface area contributed by atoms with Crippen molar-refractivity contribution in [3.63, 3.8) is 0 Å². The lowest BCUT2D eigenvalue weighted by atomic mass is 10.2. The van der Waals surface area contributed by atoms with Crippen molar-refractivity contribution < 1.29 is 4.74 Å². The van der Waals surface area contributed by atoms with Crippen molar-refractivity contribution in [2.45, 2.75) is 27.0 Å². The molecule has 0 unspecified atom stereocenters. The van der Waals surface area contributed by atoms with Gasteiger partial charge in [-0.15, -0.1) is 11.3 Å². The lowest BCUT2D eigenvalue weighted by molar-refractivity contribution is 0.307. The Kier molecular flexibility index (Phi) is 6.74. The van der Waals surface area contributed by atoms with Crippen LogP contribution in [0.5, 0.6) is 5.75 Å². The van der Waals surface area contributed by atoms with Crippen LogP contribution in [0.15, 0.2) is 38.6 Å². The molecule has 2 aromatic rings. The first-order chi connectivity index (χ1) is 10.1. The van der Waals surface area contributed by atoms with E-state index >= 15 is 0 Å². The van der Waals surface area contributed by atoms with E-state index in [1.807, 2.05) is 12.1 Å². The molecule has 0 bridgehead atoms. The first-order valence-corrected chi connectivity index (χ1v) is 9.36. The van der Waals surface area contributed by atoms with Gasteiger partial charge in [-0.1, -0.05) is 19.9 Å². The van der Waals surface area contributed by atoms with Gasteiger partial charge in [-0.05, 0) is 73.5 Å². The van der Waals surface area contributed by atoms with Crippen LogP contribution in [0.25, 0.3) is 0 Å². The average molecular weight is 433 g/mol. The maximum Gasteiger partial charge on any atom is 0.134 e. The predicted octanol–water partition coefficient (Wildman–Crippen LogP) is 5.60. The number of benzene rings is 1. The fraction of sp³-hybridized carbons (Fsp3) is 0.375. The summed E-state index contributed by atoms with van der Waals surface area (Å²) in [6.07, 6.45) is 0. The van der Waals surface area contributed by atoms with Crippen LogP contribution in [-0.4, -0.2) is 6.54 Å². The van der Waals surface area contributed by atoms with Crippen molar-refractivity contribution in [1.82, 2.24) is 5.32 Å². The van der Waals surface area contributed by atoms with E-state index in [-0.39, 0.29) is 0 Å². The van der Waals surface area contributed by atoms with Gasteiger partial charge in [-0.25, -0.2) is 0 Å². The molecule has 0 saturated heterocycles. The molecule has 1 aromatic heterocycles. The Bertz CT molecular complexity index is 583. The smallest absolute Gasteiger partial charge is 0.134 e. The molecule has 0 aliphatic rings. The molecule has 21 heavy (non-hydrogen) atoms. The monoisotopic (exact) mass is 431 g/mol. The molecule has 114 valence electrons. The molecule has 5 heteroatoms. The number of hydrogen-bond donors (Lipinski definition) is 1. The average Bonchev–Trinajstić information content (AvgIpc) is 2.83. The number of halogens is 2.